The van der Waals surface area contributed by atoms with Crippen molar-refractivity contribution in [2.75, 3.05) is 19.7 Å². The number of carbonyl (C=O) groups is 1. The minimum Gasteiger partial charge on any atom is -0.494 e. The van der Waals surface area contributed by atoms with E-state index in [2.05, 4.69) is 6.92 Å². The summed E-state index contributed by atoms with van der Waals surface area (Å²) in [4.78, 5) is 14.6. The molecule has 0 aliphatic rings. The lowest BCUT2D eigenvalue weighted by Crippen LogP contribution is -2.34. The lowest BCUT2D eigenvalue weighted by molar-refractivity contribution is 0.0747. The predicted octanol–water partition coefficient (Wildman–Crippen LogP) is 3.50. The van der Waals surface area contributed by atoms with Crippen LogP contribution in [0.4, 0.5) is 0 Å². The van der Waals surface area contributed by atoms with Crippen LogP contribution in [0.2, 0.25) is 0 Å². The fraction of sp³-hybridized carbons (Fsp3) is 0.316. The number of benzene rings is 2. The topological polar surface area (TPSA) is 55.6 Å². The number of amides is 1. The van der Waals surface area contributed by atoms with Crippen LogP contribution in [-0.4, -0.2) is 30.5 Å². The Labute approximate surface area is 150 Å². The van der Waals surface area contributed by atoms with Crippen LogP contribution in [-0.2, 0) is 6.54 Å². The summed E-state index contributed by atoms with van der Waals surface area (Å²) < 4.78 is 5.61. The zero-order valence-corrected chi connectivity index (χ0v) is 14.8. The van der Waals surface area contributed by atoms with Gasteiger partial charge in [0, 0.05) is 25.2 Å². The minimum absolute atomic E-state index is 0. The van der Waals surface area contributed by atoms with Gasteiger partial charge in [-0.1, -0.05) is 43.3 Å². The summed E-state index contributed by atoms with van der Waals surface area (Å²) in [6.07, 6.45) is 0.936. The molecule has 5 heteroatoms. The number of carbonyl (C=O) groups excluding carboxylic acids is 1. The van der Waals surface area contributed by atoms with Gasteiger partial charge in [-0.15, -0.1) is 12.4 Å². The lowest BCUT2D eigenvalue weighted by atomic mass is 10.1. The SMILES string of the molecule is CCCOc1cccc(C(=O)N(CCN)Cc2ccccc2)c1.Cl. The molecule has 4 nitrogen and oxygen atoms in total. The zero-order chi connectivity index (χ0) is 16.5. The van der Waals surface area contributed by atoms with Crippen molar-refractivity contribution >= 4 is 18.3 Å². The molecule has 0 aliphatic heterocycles. The van der Waals surface area contributed by atoms with Crippen LogP contribution in [0.1, 0.15) is 29.3 Å². The number of nitrogens with zero attached hydrogens (tertiary/aromatic N) is 1. The van der Waals surface area contributed by atoms with Gasteiger partial charge in [0.25, 0.3) is 5.91 Å². The molecule has 0 saturated heterocycles. The van der Waals surface area contributed by atoms with Crippen LogP contribution >= 0.6 is 12.4 Å². The maximum Gasteiger partial charge on any atom is 0.254 e. The average molecular weight is 349 g/mol. The second-order valence-electron chi connectivity index (χ2n) is 5.38. The van der Waals surface area contributed by atoms with Crippen LogP contribution in [0.15, 0.2) is 54.6 Å². The first-order valence-electron chi connectivity index (χ1n) is 8.00. The monoisotopic (exact) mass is 348 g/mol. The number of halogens is 1. The lowest BCUT2D eigenvalue weighted by Gasteiger charge is -2.22. The van der Waals surface area contributed by atoms with E-state index >= 15 is 0 Å². The molecule has 1 amide bonds. The van der Waals surface area contributed by atoms with E-state index in [1.54, 1.807) is 11.0 Å². The molecule has 2 N–H and O–H groups in total. The summed E-state index contributed by atoms with van der Waals surface area (Å²) in [5.41, 5.74) is 7.39. The summed E-state index contributed by atoms with van der Waals surface area (Å²) in [6.45, 7) is 4.21. The molecule has 2 aromatic carbocycles. The van der Waals surface area contributed by atoms with E-state index in [9.17, 15) is 4.79 Å². The largest absolute Gasteiger partial charge is 0.494 e. The molecule has 0 atom stereocenters. The van der Waals surface area contributed by atoms with Gasteiger partial charge >= 0.3 is 0 Å². The normalized spacial score (nSPS) is 9.92. The van der Waals surface area contributed by atoms with E-state index in [0.29, 0.717) is 31.8 Å². The number of hydrogen-bond donors (Lipinski definition) is 1. The standard InChI is InChI=1S/C19H24N2O2.ClH/c1-2-13-23-18-10-6-9-17(14-18)19(22)21(12-11-20)15-16-7-4-3-5-8-16;/h3-10,14H,2,11-13,15,20H2,1H3;1H. The van der Waals surface area contributed by atoms with E-state index in [0.717, 1.165) is 17.7 Å². The van der Waals surface area contributed by atoms with E-state index in [4.69, 9.17) is 10.5 Å². The zero-order valence-electron chi connectivity index (χ0n) is 14.0. The van der Waals surface area contributed by atoms with Crippen molar-refractivity contribution in [2.24, 2.45) is 5.73 Å². The minimum atomic E-state index is -0.0266. The van der Waals surface area contributed by atoms with Crippen LogP contribution < -0.4 is 10.5 Å². The Morgan fingerprint density at radius 2 is 1.88 bits per heavy atom. The highest BCUT2D eigenvalue weighted by Gasteiger charge is 2.16. The molecule has 0 unspecified atom stereocenters. The van der Waals surface area contributed by atoms with Gasteiger partial charge in [0.2, 0.25) is 0 Å². The molecule has 2 rings (SSSR count). The first kappa shape index (κ1) is 20.0. The third kappa shape index (κ3) is 5.87. The first-order valence-corrected chi connectivity index (χ1v) is 8.00. The summed E-state index contributed by atoms with van der Waals surface area (Å²) in [5, 5.41) is 0. The van der Waals surface area contributed by atoms with Crippen molar-refractivity contribution in [3.05, 3.63) is 65.7 Å². The molecular weight excluding hydrogens is 324 g/mol. The smallest absolute Gasteiger partial charge is 0.254 e. The Balaban J connectivity index is 0.00000288. The number of hydrogen-bond acceptors (Lipinski definition) is 3. The van der Waals surface area contributed by atoms with Crippen LogP contribution in [0, 0.1) is 0 Å². The van der Waals surface area contributed by atoms with Gasteiger partial charge in [0.15, 0.2) is 0 Å². The van der Waals surface area contributed by atoms with Gasteiger partial charge in [-0.25, -0.2) is 0 Å². The van der Waals surface area contributed by atoms with Gasteiger partial charge < -0.3 is 15.4 Å². The molecule has 0 aromatic heterocycles. The van der Waals surface area contributed by atoms with E-state index in [1.807, 2.05) is 48.5 Å². The van der Waals surface area contributed by atoms with Crippen molar-refractivity contribution in [3.63, 3.8) is 0 Å². The molecule has 130 valence electrons. The molecule has 0 saturated carbocycles. The van der Waals surface area contributed by atoms with Crippen molar-refractivity contribution < 1.29 is 9.53 Å². The highest BCUT2D eigenvalue weighted by Crippen LogP contribution is 2.16. The summed E-state index contributed by atoms with van der Waals surface area (Å²) in [7, 11) is 0. The fourth-order valence-electron chi connectivity index (χ4n) is 2.33. The third-order valence-corrected chi connectivity index (χ3v) is 3.46. The quantitative estimate of drug-likeness (QED) is 0.794. The summed E-state index contributed by atoms with van der Waals surface area (Å²) in [6, 6.07) is 17.3. The second-order valence-corrected chi connectivity index (χ2v) is 5.38. The van der Waals surface area contributed by atoms with E-state index in [1.165, 1.54) is 0 Å². The molecule has 2 aromatic rings. The first-order chi connectivity index (χ1) is 11.2. The van der Waals surface area contributed by atoms with Gasteiger partial charge in [-0.05, 0) is 30.2 Å². The Morgan fingerprint density at radius 1 is 1.12 bits per heavy atom. The highest BCUT2D eigenvalue weighted by molar-refractivity contribution is 5.94. The van der Waals surface area contributed by atoms with Crippen LogP contribution in [0.5, 0.6) is 5.75 Å². The van der Waals surface area contributed by atoms with Crippen molar-refractivity contribution in [3.8, 4) is 5.75 Å². The Hall–Kier alpha value is -2.04. The van der Waals surface area contributed by atoms with Crippen LogP contribution in [0.25, 0.3) is 0 Å². The number of nitrogens with two attached hydrogens (primary N) is 1. The molecule has 0 bridgehead atoms. The maximum absolute atomic E-state index is 12.8. The van der Waals surface area contributed by atoms with Gasteiger partial charge in [0.1, 0.15) is 5.75 Å². The predicted molar refractivity (Wildman–Crippen MR) is 99.7 cm³/mol. The van der Waals surface area contributed by atoms with Gasteiger partial charge in [0.05, 0.1) is 6.61 Å². The number of rotatable bonds is 8. The highest BCUT2D eigenvalue weighted by atomic mass is 35.5. The molecule has 0 heterocycles. The average Bonchev–Trinajstić information content (AvgIpc) is 2.60. The number of ether oxygens (including phenoxy) is 1. The Kier molecular flexibility index (Phi) is 8.90. The second kappa shape index (κ2) is 10.7. The molecule has 0 radical (unpaired) electrons. The molecule has 24 heavy (non-hydrogen) atoms. The van der Waals surface area contributed by atoms with Gasteiger partial charge in [-0.3, -0.25) is 4.79 Å². The van der Waals surface area contributed by atoms with E-state index in [-0.39, 0.29) is 18.3 Å². The molecule has 0 spiro atoms. The molecular formula is C19H25ClN2O2. The Bertz CT molecular complexity index is 620. The maximum atomic E-state index is 12.8. The van der Waals surface area contributed by atoms with E-state index < -0.39 is 0 Å². The third-order valence-electron chi connectivity index (χ3n) is 3.46. The van der Waals surface area contributed by atoms with Crippen LogP contribution in [0.3, 0.4) is 0 Å². The molecule has 0 fully saturated rings. The van der Waals surface area contributed by atoms with Crippen molar-refractivity contribution in [1.82, 2.24) is 4.90 Å². The van der Waals surface area contributed by atoms with Gasteiger partial charge in [-0.2, -0.15) is 0 Å². The van der Waals surface area contributed by atoms with Crippen molar-refractivity contribution in [2.45, 2.75) is 19.9 Å². The fourth-order valence-corrected chi connectivity index (χ4v) is 2.33. The van der Waals surface area contributed by atoms with Crippen molar-refractivity contribution in [1.29, 1.82) is 0 Å². The summed E-state index contributed by atoms with van der Waals surface area (Å²) in [5.74, 6) is 0.700. The summed E-state index contributed by atoms with van der Waals surface area (Å²) >= 11 is 0. The molecule has 0 aliphatic carbocycles. The Morgan fingerprint density at radius 3 is 2.54 bits per heavy atom.